The number of anilines is 2. The molecule has 0 radical (unpaired) electrons. The Hall–Kier alpha value is -2.76. The van der Waals surface area contributed by atoms with Crippen LogP contribution in [0.2, 0.25) is 0 Å². The largest absolute Gasteiger partial charge is 0.504 e. The monoisotopic (exact) mass is 273 g/mol. The Morgan fingerprint density at radius 2 is 2.20 bits per heavy atom. The van der Waals surface area contributed by atoms with Gasteiger partial charge in [0.05, 0.1) is 25.4 Å². The number of pyridine rings is 1. The molecule has 0 saturated heterocycles. The van der Waals surface area contributed by atoms with Crippen molar-refractivity contribution in [1.82, 2.24) is 4.98 Å². The average molecular weight is 273 g/mol. The number of hydrogen-bond donors (Lipinski definition) is 3. The number of rotatable bonds is 4. The van der Waals surface area contributed by atoms with Crippen molar-refractivity contribution in [3.05, 3.63) is 42.2 Å². The minimum absolute atomic E-state index is 0.0316. The summed E-state index contributed by atoms with van der Waals surface area (Å²) in [5, 5.41) is 12.3. The number of phenols is 1. The number of hydrogen-bond acceptors (Lipinski definition) is 5. The van der Waals surface area contributed by atoms with E-state index in [9.17, 15) is 9.90 Å². The minimum atomic E-state index is -0.230. The molecular weight excluding hydrogens is 258 g/mol. The van der Waals surface area contributed by atoms with Gasteiger partial charge in [0, 0.05) is 17.4 Å². The summed E-state index contributed by atoms with van der Waals surface area (Å²) in [6.45, 7) is 0. The summed E-state index contributed by atoms with van der Waals surface area (Å²) in [5.41, 5.74) is 7.18. The van der Waals surface area contributed by atoms with Gasteiger partial charge in [0.25, 0.3) is 0 Å². The van der Waals surface area contributed by atoms with Crippen molar-refractivity contribution >= 4 is 17.3 Å². The number of methoxy groups -OCH3 is 1. The number of nitrogens with two attached hydrogens (primary N) is 1. The molecule has 20 heavy (non-hydrogen) atoms. The third kappa shape index (κ3) is 3.38. The number of carbonyl (C=O) groups is 1. The first-order valence-corrected chi connectivity index (χ1v) is 5.96. The van der Waals surface area contributed by atoms with E-state index in [1.165, 1.54) is 19.4 Å². The van der Waals surface area contributed by atoms with Crippen LogP contribution >= 0.6 is 0 Å². The lowest BCUT2D eigenvalue weighted by Gasteiger charge is -2.08. The topological polar surface area (TPSA) is 97.5 Å². The van der Waals surface area contributed by atoms with Gasteiger partial charge in [-0.2, -0.15) is 0 Å². The Bertz CT molecular complexity index is 612. The predicted octanol–water partition coefficient (Wildman–Crippen LogP) is 1.56. The van der Waals surface area contributed by atoms with Crippen molar-refractivity contribution in [3.8, 4) is 11.5 Å². The van der Waals surface area contributed by atoms with Gasteiger partial charge in [-0.25, -0.2) is 0 Å². The van der Waals surface area contributed by atoms with E-state index >= 15 is 0 Å². The average Bonchev–Trinajstić information content (AvgIpc) is 2.41. The van der Waals surface area contributed by atoms with Crippen LogP contribution in [0.3, 0.4) is 0 Å². The number of ether oxygens (including phenoxy) is 1. The van der Waals surface area contributed by atoms with E-state index in [1.54, 1.807) is 24.3 Å². The highest BCUT2D eigenvalue weighted by Gasteiger charge is 2.07. The predicted molar refractivity (Wildman–Crippen MR) is 75.6 cm³/mol. The van der Waals surface area contributed by atoms with Crippen molar-refractivity contribution in [3.63, 3.8) is 0 Å². The van der Waals surface area contributed by atoms with Crippen molar-refractivity contribution < 1.29 is 14.6 Å². The first-order valence-electron chi connectivity index (χ1n) is 5.96. The maximum absolute atomic E-state index is 11.8. The maximum atomic E-state index is 11.8. The fraction of sp³-hybridized carbons (Fsp3) is 0.143. The third-order valence-corrected chi connectivity index (χ3v) is 2.65. The van der Waals surface area contributed by atoms with Crippen LogP contribution in [0.1, 0.15) is 5.69 Å². The van der Waals surface area contributed by atoms with Crippen molar-refractivity contribution in [2.75, 3.05) is 18.2 Å². The van der Waals surface area contributed by atoms with Crippen LogP contribution in [0, 0.1) is 0 Å². The molecule has 1 aromatic heterocycles. The van der Waals surface area contributed by atoms with Gasteiger partial charge in [-0.1, -0.05) is 0 Å². The smallest absolute Gasteiger partial charge is 0.230 e. The van der Waals surface area contributed by atoms with E-state index in [2.05, 4.69) is 10.3 Å². The van der Waals surface area contributed by atoms with Crippen molar-refractivity contribution in [2.45, 2.75) is 6.42 Å². The number of nitrogens with zero attached hydrogens (tertiary/aromatic N) is 1. The number of aromatic hydroxyl groups is 1. The SMILES string of the molecule is COc1ccc(NC(=O)Cc2ccc(N)cn2)cc1O. The molecule has 1 aromatic carbocycles. The zero-order valence-electron chi connectivity index (χ0n) is 11.0. The number of amides is 1. The van der Waals surface area contributed by atoms with E-state index < -0.39 is 0 Å². The highest BCUT2D eigenvalue weighted by molar-refractivity contribution is 5.92. The van der Waals surface area contributed by atoms with Crippen molar-refractivity contribution in [2.24, 2.45) is 0 Å². The lowest BCUT2D eigenvalue weighted by Crippen LogP contribution is -2.15. The molecule has 0 spiro atoms. The van der Waals surface area contributed by atoms with Crippen LogP contribution in [-0.2, 0) is 11.2 Å². The molecule has 2 aromatic rings. The summed E-state index contributed by atoms with van der Waals surface area (Å²) in [6.07, 6.45) is 1.63. The molecule has 0 aliphatic carbocycles. The molecular formula is C14H15N3O3. The van der Waals surface area contributed by atoms with Gasteiger partial charge in [0.15, 0.2) is 11.5 Å². The Morgan fingerprint density at radius 3 is 2.80 bits per heavy atom. The van der Waals surface area contributed by atoms with Crippen LogP contribution in [-0.4, -0.2) is 23.1 Å². The quantitative estimate of drug-likeness (QED) is 0.785. The van der Waals surface area contributed by atoms with Crippen LogP contribution in [0.4, 0.5) is 11.4 Å². The summed E-state index contributed by atoms with van der Waals surface area (Å²) >= 11 is 0. The zero-order valence-corrected chi connectivity index (χ0v) is 11.0. The Kier molecular flexibility index (Phi) is 4.05. The molecule has 2 rings (SSSR count). The number of aromatic nitrogens is 1. The van der Waals surface area contributed by atoms with Gasteiger partial charge in [-0.3, -0.25) is 9.78 Å². The summed E-state index contributed by atoms with van der Waals surface area (Å²) in [7, 11) is 1.46. The highest BCUT2D eigenvalue weighted by atomic mass is 16.5. The molecule has 0 fully saturated rings. The molecule has 0 saturated carbocycles. The van der Waals surface area contributed by atoms with E-state index in [0.29, 0.717) is 22.8 Å². The molecule has 104 valence electrons. The molecule has 6 nitrogen and oxygen atoms in total. The lowest BCUT2D eigenvalue weighted by atomic mass is 10.2. The van der Waals surface area contributed by atoms with Gasteiger partial charge in [-0.05, 0) is 24.3 Å². The number of carbonyl (C=O) groups excluding carboxylic acids is 1. The Labute approximate surface area is 116 Å². The van der Waals surface area contributed by atoms with Crippen molar-refractivity contribution in [1.29, 1.82) is 0 Å². The fourth-order valence-corrected chi connectivity index (χ4v) is 1.68. The summed E-state index contributed by atoms with van der Waals surface area (Å²) in [4.78, 5) is 15.9. The first-order chi connectivity index (χ1) is 9.58. The first kappa shape index (κ1) is 13.7. The third-order valence-electron chi connectivity index (χ3n) is 2.65. The van der Waals surface area contributed by atoms with E-state index in [1.807, 2.05) is 0 Å². The van der Waals surface area contributed by atoms with Gasteiger partial charge in [0.1, 0.15) is 0 Å². The maximum Gasteiger partial charge on any atom is 0.230 e. The summed E-state index contributed by atoms with van der Waals surface area (Å²) < 4.78 is 4.93. The summed E-state index contributed by atoms with van der Waals surface area (Å²) in [6, 6.07) is 8.03. The van der Waals surface area contributed by atoms with Gasteiger partial charge in [-0.15, -0.1) is 0 Å². The number of benzene rings is 1. The van der Waals surface area contributed by atoms with Crippen LogP contribution in [0.5, 0.6) is 11.5 Å². The van der Waals surface area contributed by atoms with Crippen LogP contribution < -0.4 is 15.8 Å². The molecule has 0 bridgehead atoms. The lowest BCUT2D eigenvalue weighted by molar-refractivity contribution is -0.115. The highest BCUT2D eigenvalue weighted by Crippen LogP contribution is 2.28. The molecule has 0 aliphatic heterocycles. The standard InChI is InChI=1S/C14H15N3O3/c1-20-13-5-4-11(6-12(13)18)17-14(19)7-10-3-2-9(15)8-16-10/h2-6,8,18H,7,15H2,1H3,(H,17,19). The minimum Gasteiger partial charge on any atom is -0.504 e. The molecule has 1 amide bonds. The molecule has 6 heteroatoms. The second kappa shape index (κ2) is 5.92. The van der Waals surface area contributed by atoms with Crippen LogP contribution in [0.15, 0.2) is 36.5 Å². The van der Waals surface area contributed by atoms with Gasteiger partial charge in [0.2, 0.25) is 5.91 Å². The second-order valence-electron chi connectivity index (χ2n) is 4.19. The fourth-order valence-electron chi connectivity index (χ4n) is 1.68. The number of nitrogen functional groups attached to an aromatic ring is 1. The molecule has 0 unspecified atom stereocenters. The zero-order chi connectivity index (χ0) is 14.5. The number of nitrogens with one attached hydrogen (secondary N) is 1. The molecule has 4 N–H and O–H groups in total. The van der Waals surface area contributed by atoms with E-state index in [4.69, 9.17) is 10.5 Å². The van der Waals surface area contributed by atoms with E-state index in [-0.39, 0.29) is 18.1 Å². The molecule has 0 aliphatic rings. The van der Waals surface area contributed by atoms with Gasteiger partial charge < -0.3 is 20.9 Å². The Morgan fingerprint density at radius 1 is 1.40 bits per heavy atom. The van der Waals surface area contributed by atoms with Crippen LogP contribution in [0.25, 0.3) is 0 Å². The number of phenolic OH excluding ortho intramolecular Hbond substituents is 1. The molecule has 1 heterocycles. The second-order valence-corrected chi connectivity index (χ2v) is 4.19. The molecule has 0 atom stereocenters. The van der Waals surface area contributed by atoms with E-state index in [0.717, 1.165) is 0 Å². The van der Waals surface area contributed by atoms with Gasteiger partial charge >= 0.3 is 0 Å². The summed E-state index contributed by atoms with van der Waals surface area (Å²) in [5.74, 6) is 0.0888. The Balaban J connectivity index is 2.01. The normalized spacial score (nSPS) is 10.1.